The molecule has 4 aliphatic heterocycles. The molecule has 0 unspecified atom stereocenters. The normalized spacial score (nSPS) is 30.8. The first kappa shape index (κ1) is 19.9. The summed E-state index contributed by atoms with van der Waals surface area (Å²) in [5, 5.41) is 3.61. The predicted octanol–water partition coefficient (Wildman–Crippen LogP) is 3.64. The zero-order chi connectivity index (χ0) is 22.4. The van der Waals surface area contributed by atoms with Gasteiger partial charge in [-0.15, -0.1) is 0 Å². The first-order chi connectivity index (χ1) is 15.4. The van der Waals surface area contributed by atoms with Gasteiger partial charge in [-0.3, -0.25) is 19.3 Å². The van der Waals surface area contributed by atoms with Crippen molar-refractivity contribution in [3.8, 4) is 0 Å². The minimum Gasteiger partial charge on any atom is -0.324 e. The largest absolute Gasteiger partial charge is 0.324 e. The summed E-state index contributed by atoms with van der Waals surface area (Å²) in [6.45, 7) is 4.57. The van der Waals surface area contributed by atoms with Gasteiger partial charge in [0.15, 0.2) is 0 Å². The first-order valence-corrected chi connectivity index (χ1v) is 11.6. The predicted molar refractivity (Wildman–Crippen MR) is 122 cm³/mol. The van der Waals surface area contributed by atoms with Gasteiger partial charge in [-0.05, 0) is 56.0 Å². The second kappa shape index (κ2) is 6.65. The number of aryl methyl sites for hydroxylation is 1. The summed E-state index contributed by atoms with van der Waals surface area (Å²) in [6.07, 6.45) is 2.49. The maximum Gasteiger partial charge on any atom is 0.250 e. The fraction of sp³-hybridized carbons (Fsp3) is 0.400. The lowest BCUT2D eigenvalue weighted by Crippen LogP contribution is -2.54. The number of hydrogen-bond acceptors (Lipinski definition) is 4. The Morgan fingerprint density at radius 1 is 1.12 bits per heavy atom. The van der Waals surface area contributed by atoms with Crippen molar-refractivity contribution in [2.45, 2.75) is 44.7 Å². The van der Waals surface area contributed by atoms with E-state index in [-0.39, 0.29) is 23.8 Å². The lowest BCUT2D eigenvalue weighted by Gasteiger charge is -2.36. The molecular weight excluding hydrogens is 426 g/mol. The molecule has 32 heavy (non-hydrogen) atoms. The highest BCUT2D eigenvalue weighted by molar-refractivity contribution is 6.32. The summed E-state index contributed by atoms with van der Waals surface area (Å²) < 4.78 is 0. The van der Waals surface area contributed by atoms with Gasteiger partial charge in [0, 0.05) is 22.3 Å². The molecule has 1 spiro atoms. The van der Waals surface area contributed by atoms with E-state index in [0.717, 1.165) is 36.1 Å². The summed E-state index contributed by atoms with van der Waals surface area (Å²) in [5.74, 6) is -1.98. The number of halogens is 1. The second-order valence-electron chi connectivity index (χ2n) is 9.22. The maximum absolute atomic E-state index is 14.0. The topological polar surface area (TPSA) is 69.7 Å². The minimum atomic E-state index is -1.14. The van der Waals surface area contributed by atoms with Gasteiger partial charge >= 0.3 is 0 Å². The van der Waals surface area contributed by atoms with E-state index in [0.29, 0.717) is 22.8 Å². The van der Waals surface area contributed by atoms with Crippen molar-refractivity contribution in [1.29, 1.82) is 0 Å². The summed E-state index contributed by atoms with van der Waals surface area (Å²) in [5.41, 5.74) is 2.77. The molecule has 2 aromatic rings. The van der Waals surface area contributed by atoms with Crippen LogP contribution < -0.4 is 10.2 Å². The lowest BCUT2D eigenvalue weighted by atomic mass is 9.75. The molecule has 164 valence electrons. The molecule has 0 aliphatic carbocycles. The van der Waals surface area contributed by atoms with Crippen LogP contribution in [0.5, 0.6) is 0 Å². The van der Waals surface area contributed by atoms with Gasteiger partial charge in [-0.25, -0.2) is 4.90 Å². The van der Waals surface area contributed by atoms with Crippen molar-refractivity contribution in [1.82, 2.24) is 4.90 Å². The fourth-order valence-electron chi connectivity index (χ4n) is 6.66. The zero-order valence-electron chi connectivity index (χ0n) is 18.0. The van der Waals surface area contributed by atoms with E-state index < -0.39 is 17.4 Å². The third kappa shape index (κ3) is 2.17. The van der Waals surface area contributed by atoms with Gasteiger partial charge in [0.2, 0.25) is 17.7 Å². The number of nitrogens with zero attached hydrogens (tertiary/aromatic N) is 2. The van der Waals surface area contributed by atoms with Crippen molar-refractivity contribution in [3.63, 3.8) is 0 Å². The summed E-state index contributed by atoms with van der Waals surface area (Å²) >= 11 is 6.32. The SMILES string of the molecule is CCc1cccc2c1NC(=O)[C@]21[C@@H]2C(=O)N(c3cccc(Cl)c3C)C(=O)[C@@H]2[C@@H]2CCCN21. The quantitative estimate of drug-likeness (QED) is 0.710. The number of rotatable bonds is 2. The van der Waals surface area contributed by atoms with Crippen LogP contribution in [0.25, 0.3) is 0 Å². The summed E-state index contributed by atoms with van der Waals surface area (Å²) in [4.78, 5) is 45.0. The molecule has 0 bridgehead atoms. The number of carbonyl (C=O) groups excluding carboxylic acids is 3. The van der Waals surface area contributed by atoms with E-state index in [4.69, 9.17) is 11.6 Å². The van der Waals surface area contributed by atoms with Crippen LogP contribution in [0.3, 0.4) is 0 Å². The van der Waals surface area contributed by atoms with E-state index in [1.54, 1.807) is 18.2 Å². The minimum absolute atomic E-state index is 0.122. The Morgan fingerprint density at radius 2 is 1.91 bits per heavy atom. The number of fused-ring (bicyclic) bond motifs is 7. The average molecular weight is 450 g/mol. The highest BCUT2D eigenvalue weighted by atomic mass is 35.5. The molecule has 0 radical (unpaired) electrons. The van der Waals surface area contributed by atoms with E-state index in [1.807, 2.05) is 25.1 Å². The van der Waals surface area contributed by atoms with Gasteiger partial charge in [0.05, 0.1) is 17.5 Å². The van der Waals surface area contributed by atoms with Crippen LogP contribution in [0.2, 0.25) is 5.02 Å². The van der Waals surface area contributed by atoms with Gasteiger partial charge in [-0.2, -0.15) is 0 Å². The highest BCUT2D eigenvalue weighted by Crippen LogP contribution is 2.61. The molecule has 6 nitrogen and oxygen atoms in total. The van der Waals surface area contributed by atoms with Crippen LogP contribution in [-0.4, -0.2) is 35.2 Å². The number of benzene rings is 2. The van der Waals surface area contributed by atoms with E-state index >= 15 is 0 Å². The smallest absolute Gasteiger partial charge is 0.250 e. The molecule has 6 rings (SSSR count). The molecule has 0 aromatic heterocycles. The molecule has 0 saturated carbocycles. The van der Waals surface area contributed by atoms with Crippen molar-refractivity contribution >= 4 is 40.7 Å². The Labute approximate surface area is 191 Å². The van der Waals surface area contributed by atoms with Crippen LogP contribution in [0, 0.1) is 18.8 Å². The van der Waals surface area contributed by atoms with E-state index in [2.05, 4.69) is 17.1 Å². The second-order valence-corrected chi connectivity index (χ2v) is 9.62. The van der Waals surface area contributed by atoms with Gasteiger partial charge in [0.1, 0.15) is 5.54 Å². The van der Waals surface area contributed by atoms with Crippen molar-refractivity contribution in [2.75, 3.05) is 16.8 Å². The number of para-hydroxylation sites is 1. The number of nitrogens with one attached hydrogen (secondary N) is 1. The Hall–Kier alpha value is -2.70. The standard InChI is InChI=1S/C25H24ClN3O3/c1-3-14-7-4-8-15-21(14)27-24(32)25(15)20-19(18-11-6-12-28(18)25)22(30)29(23(20)31)17-10-5-9-16(26)13(17)2/h4-5,7-10,18-20H,3,6,11-12H2,1-2H3,(H,27,32)/t18-,19+,20-,25+/m0/s1. The lowest BCUT2D eigenvalue weighted by molar-refractivity contribution is -0.135. The molecule has 1 N–H and O–H groups in total. The fourth-order valence-corrected chi connectivity index (χ4v) is 6.83. The van der Waals surface area contributed by atoms with Crippen molar-refractivity contribution < 1.29 is 14.4 Å². The Bertz CT molecular complexity index is 1210. The summed E-state index contributed by atoms with van der Waals surface area (Å²) in [7, 11) is 0. The number of hydrogen-bond donors (Lipinski definition) is 1. The molecular formula is C25H24ClN3O3. The first-order valence-electron chi connectivity index (χ1n) is 11.3. The Kier molecular flexibility index (Phi) is 4.15. The van der Waals surface area contributed by atoms with Crippen LogP contribution >= 0.6 is 11.6 Å². The molecule has 4 atom stereocenters. The third-order valence-corrected chi connectivity index (χ3v) is 8.38. The van der Waals surface area contributed by atoms with E-state index in [9.17, 15) is 14.4 Å². The van der Waals surface area contributed by atoms with Crippen LogP contribution in [-0.2, 0) is 26.3 Å². The molecule has 2 aromatic carbocycles. The highest BCUT2D eigenvalue weighted by Gasteiger charge is 2.74. The van der Waals surface area contributed by atoms with E-state index in [1.165, 1.54) is 4.90 Å². The van der Waals surface area contributed by atoms with Gasteiger partial charge in [-0.1, -0.05) is 42.8 Å². The zero-order valence-corrected chi connectivity index (χ0v) is 18.8. The molecule has 4 heterocycles. The molecule has 7 heteroatoms. The third-order valence-electron chi connectivity index (χ3n) is 7.97. The molecule has 4 aliphatic rings. The molecule has 3 saturated heterocycles. The van der Waals surface area contributed by atoms with Gasteiger partial charge in [0.25, 0.3) is 0 Å². The Morgan fingerprint density at radius 3 is 2.69 bits per heavy atom. The van der Waals surface area contributed by atoms with Crippen molar-refractivity contribution in [2.24, 2.45) is 11.8 Å². The number of imide groups is 1. The molecule has 3 amide bonds. The summed E-state index contributed by atoms with van der Waals surface area (Å²) in [6, 6.07) is 11.1. The van der Waals surface area contributed by atoms with Crippen LogP contribution in [0.15, 0.2) is 36.4 Å². The number of anilines is 2. The molecule has 3 fully saturated rings. The Balaban J connectivity index is 1.57. The van der Waals surface area contributed by atoms with Crippen LogP contribution in [0.4, 0.5) is 11.4 Å². The number of amides is 3. The van der Waals surface area contributed by atoms with Crippen molar-refractivity contribution in [3.05, 3.63) is 58.1 Å². The van der Waals surface area contributed by atoms with Gasteiger partial charge < -0.3 is 5.32 Å². The monoisotopic (exact) mass is 449 g/mol. The van der Waals surface area contributed by atoms with Crippen LogP contribution in [0.1, 0.15) is 36.5 Å². The number of carbonyl (C=O) groups is 3. The maximum atomic E-state index is 14.0. The average Bonchev–Trinajstić information content (AvgIpc) is 3.49.